The van der Waals surface area contributed by atoms with E-state index >= 15 is 0 Å². The first-order valence-electron chi connectivity index (χ1n) is 9.14. The minimum Gasteiger partial charge on any atom is -0.462 e. The van der Waals surface area contributed by atoms with Gasteiger partial charge < -0.3 is 23.9 Å². The maximum atomic E-state index is 12.8. The first-order chi connectivity index (χ1) is 13.5. The van der Waals surface area contributed by atoms with E-state index in [2.05, 4.69) is 9.50 Å². The van der Waals surface area contributed by atoms with Crippen LogP contribution < -0.4 is 5.32 Å². The van der Waals surface area contributed by atoms with Gasteiger partial charge >= 0.3 is 27.7 Å². The van der Waals surface area contributed by atoms with Crippen molar-refractivity contribution in [3.63, 3.8) is 0 Å². The number of nitrogens with one attached hydrogen (secondary N) is 1. The lowest BCUT2D eigenvalue weighted by Crippen LogP contribution is -2.68. The summed E-state index contributed by atoms with van der Waals surface area (Å²) in [7, 11) is -5.99. The van der Waals surface area contributed by atoms with Gasteiger partial charge in [-0.15, -0.1) is 0 Å². The topological polar surface area (TPSA) is 111 Å². The molecule has 0 aromatic carbocycles. The van der Waals surface area contributed by atoms with Gasteiger partial charge in [0.15, 0.2) is 0 Å². The second-order valence-electron chi connectivity index (χ2n) is 8.34. The highest BCUT2D eigenvalue weighted by atomic mass is 32.2. The van der Waals surface area contributed by atoms with Crippen LogP contribution in [0.25, 0.3) is 0 Å². The number of rotatable bonds is 4. The number of esters is 1. The first kappa shape index (κ1) is 24.3. The van der Waals surface area contributed by atoms with E-state index < -0.39 is 62.6 Å². The molecule has 2 heterocycles. The van der Waals surface area contributed by atoms with Crippen LogP contribution in [0.1, 0.15) is 41.0 Å². The maximum absolute atomic E-state index is 12.8. The van der Waals surface area contributed by atoms with Crippen LogP contribution in [0.5, 0.6) is 0 Å². The van der Waals surface area contributed by atoms with Gasteiger partial charge in [0.1, 0.15) is 11.4 Å². The number of piperazine rings is 1. The quantitative estimate of drug-likeness (QED) is 0.387. The van der Waals surface area contributed by atoms with Crippen molar-refractivity contribution in [3.8, 4) is 0 Å². The van der Waals surface area contributed by atoms with Crippen LogP contribution >= 0.6 is 0 Å². The summed E-state index contributed by atoms with van der Waals surface area (Å²) in [6.45, 7) is 7.82. The number of carbonyl (C=O) groups is 2. The predicted octanol–water partition coefficient (Wildman–Crippen LogP) is 2.04. The lowest BCUT2D eigenvalue weighted by atomic mass is 9.83. The number of nitrogens with zero attached hydrogens (tertiary/aromatic N) is 1. The van der Waals surface area contributed by atoms with Crippen molar-refractivity contribution < 1.29 is 44.8 Å². The van der Waals surface area contributed by atoms with Crippen LogP contribution in [0, 0.1) is 0 Å². The lowest BCUT2D eigenvalue weighted by molar-refractivity contribution is -0.139. The highest BCUT2D eigenvalue weighted by Gasteiger charge is 2.53. The molecule has 2 aliphatic rings. The van der Waals surface area contributed by atoms with Crippen molar-refractivity contribution in [1.29, 1.82) is 0 Å². The Hall–Kier alpha value is -2.02. The van der Waals surface area contributed by atoms with E-state index in [-0.39, 0.29) is 19.7 Å². The molecule has 2 unspecified atom stereocenters. The van der Waals surface area contributed by atoms with E-state index in [9.17, 15) is 31.2 Å². The number of hydrogen-bond acceptors (Lipinski definition) is 8. The number of carbonyl (C=O) groups excluding carboxylic acids is 2. The fourth-order valence-electron chi connectivity index (χ4n) is 3.32. The standard InChI is InChI=1S/C17H25F3N2O7S/c1-6-27-13(23)12-10-8-22(14(24)28-15(2,3)4)9-16(5,21-10)7-11(12)29-30(25,26)17(18,19)20/h10,21H,6-9H2,1-5H3. The largest absolute Gasteiger partial charge is 0.534 e. The van der Waals surface area contributed by atoms with Crippen molar-refractivity contribution in [2.24, 2.45) is 0 Å². The molecule has 2 atom stereocenters. The second kappa shape index (κ2) is 7.91. The Morgan fingerprint density at radius 3 is 2.37 bits per heavy atom. The van der Waals surface area contributed by atoms with Gasteiger partial charge in [0.2, 0.25) is 0 Å². The highest BCUT2D eigenvalue weighted by Crippen LogP contribution is 2.37. The number of fused-ring (bicyclic) bond motifs is 2. The monoisotopic (exact) mass is 458 g/mol. The third-order valence-electron chi connectivity index (χ3n) is 4.31. The molecule has 0 spiro atoms. The van der Waals surface area contributed by atoms with Crippen molar-refractivity contribution in [1.82, 2.24) is 10.2 Å². The van der Waals surface area contributed by atoms with Gasteiger partial charge in [0.25, 0.3) is 0 Å². The Labute approximate surface area is 172 Å². The predicted molar refractivity (Wildman–Crippen MR) is 97.5 cm³/mol. The minimum absolute atomic E-state index is 0.00650. The average Bonchev–Trinajstić information content (AvgIpc) is 2.50. The Kier molecular flexibility index (Phi) is 6.39. The second-order valence-corrected chi connectivity index (χ2v) is 9.87. The van der Waals surface area contributed by atoms with E-state index in [1.54, 1.807) is 27.7 Å². The molecular weight excluding hydrogens is 433 g/mol. The summed E-state index contributed by atoms with van der Waals surface area (Å²) in [5.41, 5.74) is -7.92. The minimum atomic E-state index is -5.99. The summed E-state index contributed by atoms with van der Waals surface area (Å²) in [4.78, 5) is 26.2. The third kappa shape index (κ3) is 5.36. The summed E-state index contributed by atoms with van der Waals surface area (Å²) < 4.78 is 76.2. The van der Waals surface area contributed by atoms with Gasteiger partial charge in [0, 0.05) is 25.0 Å². The molecule has 9 nitrogen and oxygen atoms in total. The molecule has 1 fully saturated rings. The number of hydrogen-bond donors (Lipinski definition) is 1. The molecule has 1 saturated heterocycles. The zero-order chi connectivity index (χ0) is 23.1. The third-order valence-corrected chi connectivity index (χ3v) is 5.29. The molecule has 172 valence electrons. The number of halogens is 3. The van der Waals surface area contributed by atoms with Crippen molar-refractivity contribution in [2.75, 3.05) is 19.7 Å². The van der Waals surface area contributed by atoms with Gasteiger partial charge in [-0.05, 0) is 34.6 Å². The van der Waals surface area contributed by atoms with E-state index in [4.69, 9.17) is 9.47 Å². The Morgan fingerprint density at radius 2 is 1.87 bits per heavy atom. The summed E-state index contributed by atoms with van der Waals surface area (Å²) in [5, 5.41) is 3.06. The molecule has 2 aliphatic heterocycles. The lowest BCUT2D eigenvalue weighted by Gasteiger charge is -2.49. The Balaban J connectivity index is 2.45. The Bertz CT molecular complexity index is 848. The van der Waals surface area contributed by atoms with Crippen molar-refractivity contribution in [3.05, 3.63) is 11.3 Å². The maximum Gasteiger partial charge on any atom is 0.534 e. The van der Waals surface area contributed by atoms with Gasteiger partial charge in [-0.25, -0.2) is 9.59 Å². The van der Waals surface area contributed by atoms with Gasteiger partial charge in [0.05, 0.1) is 18.2 Å². The van der Waals surface area contributed by atoms with E-state index in [1.807, 2.05) is 0 Å². The average molecular weight is 458 g/mol. The van der Waals surface area contributed by atoms with Crippen LogP contribution in [0.15, 0.2) is 11.3 Å². The van der Waals surface area contributed by atoms with Crippen LogP contribution in [-0.4, -0.2) is 67.8 Å². The highest BCUT2D eigenvalue weighted by molar-refractivity contribution is 7.87. The molecule has 1 amide bonds. The summed E-state index contributed by atoms with van der Waals surface area (Å²) in [6.07, 6.45) is -1.07. The molecule has 0 aliphatic carbocycles. The zero-order valence-electron chi connectivity index (χ0n) is 17.3. The normalized spacial score (nSPS) is 25.1. The number of amides is 1. The molecule has 0 saturated carbocycles. The molecular formula is C17H25F3N2O7S. The zero-order valence-corrected chi connectivity index (χ0v) is 18.1. The van der Waals surface area contributed by atoms with E-state index in [0.29, 0.717) is 0 Å². The van der Waals surface area contributed by atoms with Gasteiger partial charge in [-0.1, -0.05) is 0 Å². The SMILES string of the molecule is CCOC(=O)C1=C(OS(=O)(=O)C(F)(F)F)CC2(C)CN(C(=O)OC(C)(C)C)CC1N2. The molecule has 30 heavy (non-hydrogen) atoms. The molecule has 2 rings (SSSR count). The molecule has 13 heteroatoms. The van der Waals surface area contributed by atoms with E-state index in [1.165, 1.54) is 11.8 Å². The first-order valence-corrected chi connectivity index (χ1v) is 10.6. The van der Waals surface area contributed by atoms with Crippen LogP contribution in [0.3, 0.4) is 0 Å². The van der Waals surface area contributed by atoms with Crippen LogP contribution in [0.2, 0.25) is 0 Å². The summed E-state index contributed by atoms with van der Waals surface area (Å²) >= 11 is 0. The fraction of sp³-hybridized carbons (Fsp3) is 0.765. The summed E-state index contributed by atoms with van der Waals surface area (Å²) in [5.74, 6) is -1.68. The molecule has 1 N–H and O–H groups in total. The smallest absolute Gasteiger partial charge is 0.462 e. The number of ether oxygens (including phenoxy) is 2. The molecule has 0 aromatic heterocycles. The van der Waals surface area contributed by atoms with E-state index in [0.717, 1.165) is 0 Å². The molecule has 2 bridgehead atoms. The molecule has 0 aromatic rings. The van der Waals surface area contributed by atoms with Gasteiger partial charge in [-0.3, -0.25) is 0 Å². The van der Waals surface area contributed by atoms with Crippen LogP contribution in [-0.2, 0) is 28.6 Å². The van der Waals surface area contributed by atoms with Crippen molar-refractivity contribution >= 4 is 22.2 Å². The van der Waals surface area contributed by atoms with Gasteiger partial charge in [-0.2, -0.15) is 21.6 Å². The summed E-state index contributed by atoms with van der Waals surface area (Å²) in [6, 6.07) is -1.01. The molecule has 0 radical (unpaired) electrons. The fourth-order valence-corrected chi connectivity index (χ4v) is 3.83. The Morgan fingerprint density at radius 1 is 1.27 bits per heavy atom. The van der Waals surface area contributed by atoms with Crippen molar-refractivity contribution in [2.45, 2.75) is 63.7 Å². The number of alkyl halides is 3. The van der Waals surface area contributed by atoms with Crippen LogP contribution in [0.4, 0.5) is 18.0 Å².